The first-order valence-corrected chi connectivity index (χ1v) is 8.81. The van der Waals surface area contributed by atoms with E-state index in [0.717, 1.165) is 11.1 Å². The summed E-state index contributed by atoms with van der Waals surface area (Å²) in [5, 5.41) is 11.7. The zero-order valence-electron chi connectivity index (χ0n) is 15.4. The van der Waals surface area contributed by atoms with Crippen LogP contribution >= 0.6 is 0 Å². The van der Waals surface area contributed by atoms with Gasteiger partial charge in [0, 0.05) is 24.7 Å². The van der Waals surface area contributed by atoms with Gasteiger partial charge in [-0.15, -0.1) is 0 Å². The van der Waals surface area contributed by atoms with Crippen LogP contribution in [0.1, 0.15) is 37.5 Å². The van der Waals surface area contributed by atoms with E-state index in [1.165, 1.54) is 30.5 Å². The number of carboxylic acid groups (broad SMARTS) is 1. The van der Waals surface area contributed by atoms with Gasteiger partial charge in [-0.1, -0.05) is 30.2 Å². The molecule has 0 aliphatic heterocycles. The Bertz CT molecular complexity index is 1100. The van der Waals surface area contributed by atoms with Gasteiger partial charge in [-0.2, -0.15) is 0 Å². The van der Waals surface area contributed by atoms with E-state index in [1.54, 1.807) is 36.4 Å². The summed E-state index contributed by atoms with van der Waals surface area (Å²) in [6, 6.07) is 15.7. The number of hydrogen-bond acceptors (Lipinski definition) is 3. The highest BCUT2D eigenvalue weighted by molar-refractivity contribution is 5.94. The lowest BCUT2D eigenvalue weighted by molar-refractivity contribution is 0.0696. The highest BCUT2D eigenvalue weighted by Gasteiger charge is 2.07. The van der Waals surface area contributed by atoms with Crippen molar-refractivity contribution in [3.8, 4) is 11.8 Å². The third-order valence-electron chi connectivity index (χ3n) is 4.07. The zero-order chi connectivity index (χ0) is 20.6. The zero-order valence-corrected chi connectivity index (χ0v) is 15.4. The molecule has 5 nitrogen and oxygen atoms in total. The van der Waals surface area contributed by atoms with Crippen LogP contribution in [0.2, 0.25) is 0 Å². The molecule has 6 heteroatoms. The minimum atomic E-state index is -0.997. The van der Waals surface area contributed by atoms with Gasteiger partial charge in [0.1, 0.15) is 11.5 Å². The SMILES string of the molecule is O=C(O)c1ccc(CNC(=O)c2ccnc(C#CCc3cccc(F)c3)c2)cc1. The highest BCUT2D eigenvalue weighted by Crippen LogP contribution is 2.07. The number of pyridine rings is 1. The molecule has 3 aromatic rings. The largest absolute Gasteiger partial charge is 0.478 e. The van der Waals surface area contributed by atoms with Crippen molar-refractivity contribution < 1.29 is 19.1 Å². The van der Waals surface area contributed by atoms with E-state index >= 15 is 0 Å². The van der Waals surface area contributed by atoms with Crippen molar-refractivity contribution in [2.75, 3.05) is 0 Å². The summed E-state index contributed by atoms with van der Waals surface area (Å²) in [6.45, 7) is 0.266. The fourth-order valence-electron chi connectivity index (χ4n) is 2.57. The van der Waals surface area contributed by atoms with Gasteiger partial charge in [-0.25, -0.2) is 14.2 Å². The number of nitrogens with zero attached hydrogens (tertiary/aromatic N) is 1. The number of carboxylic acids is 1. The number of carbonyl (C=O) groups is 2. The van der Waals surface area contributed by atoms with Crippen molar-refractivity contribution in [2.24, 2.45) is 0 Å². The quantitative estimate of drug-likeness (QED) is 0.657. The van der Waals surface area contributed by atoms with Crippen molar-refractivity contribution >= 4 is 11.9 Å². The fraction of sp³-hybridized carbons (Fsp3) is 0.0870. The molecule has 0 aliphatic rings. The summed E-state index contributed by atoms with van der Waals surface area (Å²) in [5.74, 6) is 4.21. The highest BCUT2D eigenvalue weighted by atomic mass is 19.1. The first kappa shape index (κ1) is 19.8. The molecular weight excluding hydrogens is 371 g/mol. The number of aromatic nitrogens is 1. The van der Waals surface area contributed by atoms with Gasteiger partial charge in [0.2, 0.25) is 0 Å². The monoisotopic (exact) mass is 388 g/mol. The lowest BCUT2D eigenvalue weighted by atomic mass is 10.1. The normalized spacial score (nSPS) is 9.97. The van der Waals surface area contributed by atoms with Gasteiger partial charge in [0.05, 0.1) is 5.56 Å². The smallest absolute Gasteiger partial charge is 0.335 e. The molecule has 1 aromatic heterocycles. The number of carbonyl (C=O) groups excluding carboxylic acids is 1. The maximum absolute atomic E-state index is 13.2. The Morgan fingerprint density at radius 3 is 2.52 bits per heavy atom. The topological polar surface area (TPSA) is 79.3 Å². The van der Waals surface area contributed by atoms with Crippen LogP contribution in [0.25, 0.3) is 0 Å². The molecule has 0 fully saturated rings. The molecule has 29 heavy (non-hydrogen) atoms. The predicted molar refractivity (Wildman–Crippen MR) is 106 cm³/mol. The summed E-state index contributed by atoms with van der Waals surface area (Å²) in [6.07, 6.45) is 1.88. The van der Waals surface area contributed by atoms with E-state index in [2.05, 4.69) is 22.1 Å². The van der Waals surface area contributed by atoms with Crippen molar-refractivity contribution in [1.29, 1.82) is 0 Å². The van der Waals surface area contributed by atoms with Gasteiger partial charge in [-0.3, -0.25) is 4.79 Å². The van der Waals surface area contributed by atoms with E-state index in [-0.39, 0.29) is 23.8 Å². The van der Waals surface area contributed by atoms with E-state index in [1.807, 2.05) is 0 Å². The average molecular weight is 388 g/mol. The minimum absolute atomic E-state index is 0.190. The van der Waals surface area contributed by atoms with Crippen LogP contribution in [0.4, 0.5) is 4.39 Å². The number of aromatic carboxylic acids is 1. The summed E-state index contributed by atoms with van der Waals surface area (Å²) in [4.78, 5) is 27.3. The number of nitrogens with one attached hydrogen (secondary N) is 1. The Kier molecular flexibility index (Phi) is 6.33. The molecule has 0 spiro atoms. The average Bonchev–Trinajstić information content (AvgIpc) is 2.72. The van der Waals surface area contributed by atoms with Crippen LogP contribution in [-0.2, 0) is 13.0 Å². The van der Waals surface area contributed by atoms with Crippen molar-refractivity contribution in [3.05, 3.63) is 101 Å². The van der Waals surface area contributed by atoms with Crippen LogP contribution in [0.3, 0.4) is 0 Å². The van der Waals surface area contributed by atoms with Crippen molar-refractivity contribution in [1.82, 2.24) is 10.3 Å². The fourth-order valence-corrected chi connectivity index (χ4v) is 2.57. The van der Waals surface area contributed by atoms with Crippen molar-refractivity contribution in [2.45, 2.75) is 13.0 Å². The maximum Gasteiger partial charge on any atom is 0.335 e. The molecule has 1 heterocycles. The number of benzene rings is 2. The summed E-state index contributed by atoms with van der Waals surface area (Å²) in [7, 11) is 0. The standard InChI is InChI=1S/C23H17FN2O3/c24-20-5-1-3-16(13-20)4-2-6-21-14-19(11-12-25-21)22(27)26-15-17-7-9-18(10-8-17)23(28)29/h1,3,5,7-14H,4,15H2,(H,26,27)(H,28,29). The van der Waals surface area contributed by atoms with Crippen molar-refractivity contribution in [3.63, 3.8) is 0 Å². The van der Waals surface area contributed by atoms with E-state index in [9.17, 15) is 14.0 Å². The third kappa shape index (κ3) is 5.75. The van der Waals surface area contributed by atoms with Crippen LogP contribution in [0, 0.1) is 17.7 Å². The van der Waals surface area contributed by atoms with Crippen LogP contribution in [-0.4, -0.2) is 22.0 Å². The lowest BCUT2D eigenvalue weighted by Gasteiger charge is -2.06. The van der Waals surface area contributed by atoms with Gasteiger partial charge in [0.25, 0.3) is 5.91 Å². The molecule has 0 unspecified atom stereocenters. The van der Waals surface area contributed by atoms with Gasteiger partial charge < -0.3 is 10.4 Å². The van der Waals surface area contributed by atoms with E-state index in [0.29, 0.717) is 17.7 Å². The van der Waals surface area contributed by atoms with Gasteiger partial charge in [-0.05, 0) is 53.4 Å². The molecular formula is C23H17FN2O3. The predicted octanol–water partition coefficient (Wildman–Crippen LogP) is 3.44. The minimum Gasteiger partial charge on any atom is -0.478 e. The third-order valence-corrected chi connectivity index (χ3v) is 4.07. The summed E-state index contributed by atoms with van der Waals surface area (Å²) >= 11 is 0. The lowest BCUT2D eigenvalue weighted by Crippen LogP contribution is -2.23. The van der Waals surface area contributed by atoms with Crippen LogP contribution in [0.5, 0.6) is 0 Å². The molecule has 2 N–H and O–H groups in total. The Hall–Kier alpha value is -3.98. The maximum atomic E-state index is 13.2. The molecule has 2 aromatic carbocycles. The Morgan fingerprint density at radius 2 is 1.79 bits per heavy atom. The second-order valence-corrected chi connectivity index (χ2v) is 6.22. The number of amides is 1. The first-order chi connectivity index (χ1) is 14.0. The molecule has 144 valence electrons. The molecule has 0 saturated carbocycles. The Morgan fingerprint density at radius 1 is 1.00 bits per heavy atom. The molecule has 0 aliphatic carbocycles. The van der Waals surface area contributed by atoms with Crippen LogP contribution < -0.4 is 5.32 Å². The summed E-state index contributed by atoms with van der Waals surface area (Å²) in [5.41, 5.74) is 2.60. The summed E-state index contributed by atoms with van der Waals surface area (Å²) < 4.78 is 13.2. The molecule has 0 atom stereocenters. The molecule has 0 saturated heterocycles. The van der Waals surface area contributed by atoms with Crippen LogP contribution in [0.15, 0.2) is 66.9 Å². The number of halogens is 1. The molecule has 3 rings (SSSR count). The first-order valence-electron chi connectivity index (χ1n) is 8.81. The number of hydrogen-bond donors (Lipinski definition) is 2. The van der Waals surface area contributed by atoms with E-state index < -0.39 is 5.97 Å². The van der Waals surface area contributed by atoms with E-state index in [4.69, 9.17) is 5.11 Å². The second kappa shape index (κ2) is 9.29. The Balaban J connectivity index is 1.60. The van der Waals surface area contributed by atoms with Gasteiger partial charge in [0.15, 0.2) is 0 Å². The molecule has 0 bridgehead atoms. The Labute approximate surface area is 167 Å². The molecule has 0 radical (unpaired) electrons. The molecule has 1 amide bonds. The van der Waals surface area contributed by atoms with Gasteiger partial charge >= 0.3 is 5.97 Å². The number of rotatable bonds is 5. The second-order valence-electron chi connectivity index (χ2n) is 6.22.